The highest BCUT2D eigenvalue weighted by Crippen LogP contribution is 2.29. The summed E-state index contributed by atoms with van der Waals surface area (Å²) in [5, 5.41) is 0.572. The van der Waals surface area contributed by atoms with Crippen molar-refractivity contribution in [1.29, 1.82) is 0 Å². The zero-order valence-corrected chi connectivity index (χ0v) is 16.6. The van der Waals surface area contributed by atoms with Crippen molar-refractivity contribution in [3.05, 3.63) is 52.1 Å². The van der Waals surface area contributed by atoms with Gasteiger partial charge in [0.15, 0.2) is 5.78 Å². The highest BCUT2D eigenvalue weighted by Gasteiger charge is 2.27. The van der Waals surface area contributed by atoms with E-state index in [1.165, 1.54) is 0 Å². The lowest BCUT2D eigenvalue weighted by Crippen LogP contribution is -2.36. The molecule has 0 spiro atoms. The monoisotopic (exact) mass is 365 g/mol. The molecule has 27 heavy (non-hydrogen) atoms. The van der Waals surface area contributed by atoms with Gasteiger partial charge >= 0.3 is 0 Å². The van der Waals surface area contributed by atoms with Crippen LogP contribution in [0.15, 0.2) is 40.1 Å². The van der Waals surface area contributed by atoms with Crippen LogP contribution in [0.2, 0.25) is 0 Å². The van der Waals surface area contributed by atoms with Crippen LogP contribution >= 0.6 is 0 Å². The Morgan fingerprint density at radius 1 is 1.37 bits per heavy atom. The molecule has 0 unspecified atom stereocenters. The zero-order chi connectivity index (χ0) is 19.6. The van der Waals surface area contributed by atoms with Gasteiger partial charge in [-0.2, -0.15) is 0 Å². The minimum atomic E-state index is -0.0148. The van der Waals surface area contributed by atoms with Gasteiger partial charge in [0.2, 0.25) is 0 Å². The number of rotatable bonds is 5. The number of fused-ring (bicyclic) bond motifs is 2. The quantitative estimate of drug-likeness (QED) is 0.595. The number of aryl methyl sites for hydroxylation is 1. The number of carbonyl (C=O) groups excluding carboxylic acids is 1. The normalized spacial score (nSPS) is 16.7. The molecule has 2 heterocycles. The standard InChI is InChI=1S/C22H27N3O2/c1-5-6-7-16(23-4)13-19(26)15-8-9-17-18(12-15)24-20-10-11-22(2,3)14-25(20)21(17)27/h6-9,12H,5,10-11,13-14H2,1-4H3/b7-6-,23-16?. The van der Waals surface area contributed by atoms with Crippen LogP contribution in [0.4, 0.5) is 0 Å². The molecule has 1 aromatic heterocycles. The molecule has 0 amide bonds. The second-order valence-electron chi connectivity index (χ2n) is 7.94. The fourth-order valence-electron chi connectivity index (χ4n) is 3.48. The van der Waals surface area contributed by atoms with Crippen molar-refractivity contribution < 1.29 is 4.79 Å². The lowest BCUT2D eigenvalue weighted by Gasteiger charge is -2.31. The highest BCUT2D eigenvalue weighted by atomic mass is 16.1. The number of ketones is 1. The molecule has 0 N–H and O–H groups in total. The van der Waals surface area contributed by atoms with E-state index in [1.807, 2.05) is 19.1 Å². The number of Topliss-reactive ketones (excluding diaryl/α,β-unsaturated/α-hetero) is 1. The lowest BCUT2D eigenvalue weighted by molar-refractivity contribution is 0.100. The third-order valence-electron chi connectivity index (χ3n) is 5.14. The van der Waals surface area contributed by atoms with Gasteiger partial charge in [0, 0.05) is 31.3 Å². The van der Waals surface area contributed by atoms with Gasteiger partial charge in [-0.05, 0) is 36.5 Å². The third kappa shape index (κ3) is 4.07. The number of hydrogen-bond acceptors (Lipinski definition) is 4. The number of allylic oxidation sites excluding steroid dienone is 2. The number of hydrogen-bond donors (Lipinski definition) is 0. The van der Waals surface area contributed by atoms with Gasteiger partial charge < -0.3 is 0 Å². The Bertz CT molecular complexity index is 997. The number of aromatic nitrogens is 2. The predicted octanol–water partition coefficient (Wildman–Crippen LogP) is 3.98. The molecular weight excluding hydrogens is 338 g/mol. The molecule has 0 radical (unpaired) electrons. The Balaban J connectivity index is 1.96. The molecule has 1 aliphatic heterocycles. The van der Waals surface area contributed by atoms with E-state index in [1.54, 1.807) is 29.8 Å². The van der Waals surface area contributed by atoms with Gasteiger partial charge in [-0.15, -0.1) is 0 Å². The van der Waals surface area contributed by atoms with Crippen LogP contribution in [-0.4, -0.2) is 28.1 Å². The fraction of sp³-hybridized carbons (Fsp3) is 0.455. The smallest absolute Gasteiger partial charge is 0.261 e. The summed E-state index contributed by atoms with van der Waals surface area (Å²) in [5.41, 5.74) is 2.02. The Kier molecular flexibility index (Phi) is 5.40. The summed E-state index contributed by atoms with van der Waals surface area (Å²) in [6, 6.07) is 5.21. The van der Waals surface area contributed by atoms with E-state index < -0.39 is 0 Å². The van der Waals surface area contributed by atoms with Crippen molar-refractivity contribution in [2.75, 3.05) is 7.05 Å². The Morgan fingerprint density at radius 3 is 2.85 bits per heavy atom. The zero-order valence-electron chi connectivity index (χ0n) is 16.6. The summed E-state index contributed by atoms with van der Waals surface area (Å²) >= 11 is 0. The second-order valence-corrected chi connectivity index (χ2v) is 7.94. The molecule has 5 nitrogen and oxygen atoms in total. The molecule has 0 fully saturated rings. The average molecular weight is 365 g/mol. The van der Waals surface area contributed by atoms with Crippen LogP contribution in [0, 0.1) is 5.41 Å². The topological polar surface area (TPSA) is 64.3 Å². The highest BCUT2D eigenvalue weighted by molar-refractivity contribution is 6.14. The van der Waals surface area contributed by atoms with Crippen molar-refractivity contribution in [3.63, 3.8) is 0 Å². The molecule has 0 bridgehead atoms. The first-order valence-electron chi connectivity index (χ1n) is 9.53. The first kappa shape index (κ1) is 19.2. The maximum atomic E-state index is 12.9. The van der Waals surface area contributed by atoms with E-state index in [0.29, 0.717) is 23.0 Å². The van der Waals surface area contributed by atoms with Crippen molar-refractivity contribution in [3.8, 4) is 0 Å². The number of benzene rings is 1. The molecule has 0 saturated carbocycles. The summed E-state index contributed by atoms with van der Waals surface area (Å²) in [6.45, 7) is 7.08. The van der Waals surface area contributed by atoms with E-state index in [9.17, 15) is 9.59 Å². The molecule has 5 heteroatoms. The van der Waals surface area contributed by atoms with Gasteiger partial charge in [-0.3, -0.25) is 19.1 Å². The van der Waals surface area contributed by atoms with Gasteiger partial charge in [-0.1, -0.05) is 32.9 Å². The van der Waals surface area contributed by atoms with E-state index >= 15 is 0 Å². The van der Waals surface area contributed by atoms with Gasteiger partial charge in [0.05, 0.1) is 17.3 Å². The Labute approximate surface area is 159 Å². The van der Waals surface area contributed by atoms with E-state index in [-0.39, 0.29) is 23.2 Å². The number of aliphatic imine (C=N–C) groups is 1. The number of carbonyl (C=O) groups is 1. The Hall–Kier alpha value is -2.56. The maximum absolute atomic E-state index is 12.9. The van der Waals surface area contributed by atoms with Gasteiger partial charge in [-0.25, -0.2) is 4.98 Å². The summed E-state index contributed by atoms with van der Waals surface area (Å²) in [7, 11) is 1.69. The van der Waals surface area contributed by atoms with Gasteiger partial charge in [0.25, 0.3) is 5.56 Å². The number of nitrogens with zero attached hydrogens (tertiary/aromatic N) is 3. The lowest BCUT2D eigenvalue weighted by atomic mass is 9.85. The van der Waals surface area contributed by atoms with Crippen LogP contribution in [0.1, 0.15) is 56.2 Å². The van der Waals surface area contributed by atoms with E-state index in [2.05, 4.69) is 18.8 Å². The molecule has 0 saturated heterocycles. The van der Waals surface area contributed by atoms with Crippen LogP contribution in [0.25, 0.3) is 10.9 Å². The molecule has 2 aromatic rings. The van der Waals surface area contributed by atoms with Crippen LogP contribution in [0.5, 0.6) is 0 Å². The summed E-state index contributed by atoms with van der Waals surface area (Å²) in [5.74, 6) is 0.803. The largest absolute Gasteiger partial charge is 0.296 e. The maximum Gasteiger partial charge on any atom is 0.261 e. The fourth-order valence-corrected chi connectivity index (χ4v) is 3.48. The van der Waals surface area contributed by atoms with Crippen LogP contribution in [-0.2, 0) is 13.0 Å². The van der Waals surface area contributed by atoms with E-state index in [0.717, 1.165) is 30.8 Å². The summed E-state index contributed by atoms with van der Waals surface area (Å²) < 4.78 is 1.80. The van der Waals surface area contributed by atoms with Crippen molar-refractivity contribution in [2.24, 2.45) is 10.4 Å². The molecule has 1 aliphatic rings. The molecule has 3 rings (SSSR count). The minimum Gasteiger partial charge on any atom is -0.296 e. The molecule has 142 valence electrons. The molecule has 0 aliphatic carbocycles. The second kappa shape index (κ2) is 7.59. The average Bonchev–Trinajstić information content (AvgIpc) is 2.65. The van der Waals surface area contributed by atoms with Crippen LogP contribution < -0.4 is 5.56 Å². The summed E-state index contributed by atoms with van der Waals surface area (Å²) in [6.07, 6.45) is 6.82. The van der Waals surface area contributed by atoms with E-state index in [4.69, 9.17) is 4.98 Å². The SMILES string of the molecule is CC/C=C\C(CC(=O)c1ccc2c(=O)n3c(nc2c1)CCC(C)(C)C3)=NC. The third-order valence-corrected chi connectivity index (χ3v) is 5.14. The molecule has 0 atom stereocenters. The predicted molar refractivity (Wildman–Crippen MR) is 110 cm³/mol. The van der Waals surface area contributed by atoms with Crippen molar-refractivity contribution >= 4 is 22.4 Å². The van der Waals surface area contributed by atoms with Crippen molar-refractivity contribution in [1.82, 2.24) is 9.55 Å². The first-order chi connectivity index (χ1) is 12.8. The molecule has 1 aromatic carbocycles. The molecular formula is C22H27N3O2. The Morgan fingerprint density at radius 2 is 2.15 bits per heavy atom. The van der Waals surface area contributed by atoms with Crippen molar-refractivity contribution in [2.45, 2.75) is 53.0 Å². The first-order valence-corrected chi connectivity index (χ1v) is 9.53. The van der Waals surface area contributed by atoms with Gasteiger partial charge in [0.1, 0.15) is 5.82 Å². The van der Waals surface area contributed by atoms with Crippen LogP contribution in [0.3, 0.4) is 0 Å². The minimum absolute atomic E-state index is 0.0107. The summed E-state index contributed by atoms with van der Waals surface area (Å²) in [4.78, 5) is 34.4.